The summed E-state index contributed by atoms with van der Waals surface area (Å²) in [5.74, 6) is 10.9. The maximum atomic E-state index is 2.76. The van der Waals surface area contributed by atoms with Crippen LogP contribution in [0.1, 0.15) is 140 Å². The highest BCUT2D eigenvalue weighted by atomic mass is 15.2. The molecule has 7 aromatic carbocycles. The first-order valence-corrected chi connectivity index (χ1v) is 39.0. The molecule has 20 atom stereocenters. The summed E-state index contributed by atoms with van der Waals surface area (Å²) in [6, 6.07) is 65.8. The van der Waals surface area contributed by atoms with Crippen LogP contribution in [-0.2, 0) is 19.4 Å². The number of benzene rings is 7. The maximum absolute atomic E-state index is 2.76. The predicted molar refractivity (Wildman–Crippen MR) is 423 cm³/mol. The maximum Gasteiger partial charge on any atom is 0.0434 e. The highest BCUT2D eigenvalue weighted by molar-refractivity contribution is 5.69. The molecule has 0 spiro atoms. The lowest BCUT2D eigenvalue weighted by Gasteiger charge is -2.32. The van der Waals surface area contributed by atoms with Crippen LogP contribution >= 0.6 is 0 Å². The van der Waals surface area contributed by atoms with Crippen molar-refractivity contribution in [2.45, 2.75) is 148 Å². The molecule has 0 amide bonds. The number of fused-ring (bicyclic) bond motifs is 20. The molecule has 8 aliphatic carbocycles. The van der Waals surface area contributed by atoms with Crippen LogP contribution in [0.15, 0.2) is 267 Å². The summed E-state index contributed by atoms with van der Waals surface area (Å²) in [5, 5.41) is 0. The Bertz CT molecular complexity index is 4280. The molecule has 20 unspecified atom stereocenters. The second kappa shape index (κ2) is 28.6. The summed E-state index contributed by atoms with van der Waals surface area (Å²) in [7, 11) is 0. The van der Waals surface area contributed by atoms with Gasteiger partial charge in [0.25, 0.3) is 0 Å². The standard InChI is InChI=1S/C26H29N.C25H27N.C24H25N.C21H27N/c1-18-14-15-24-23(17-18)25-19(2)21-12-6-7-13-22(21)26(25)27(24)16-8-11-20-9-4-3-5-10-20;1-18-20-13-5-6-14-21(20)25-24(18)22-15-7-8-16-23(22)26(25)17-9-12-19-10-3-2-4-11-19;1-16-12-13-22-21(14-16)23-17(2)19-10-6-7-11-20(19)24(23)25(22)15-18-8-4-3-5-9-18;1-4-5-12-22-19-11-10-14(2)13-18(19)20-15(3)16-8-6-7-9-17(16)21(20)22/h3-7,9-10,12-15,17,19,21-22,25-26H,8,11,16H2,1-2H3;2-8,10-11,13-16,18,20-21,24-25H,9,12,17H2,1H3;3-14,17,19-20,23-24H,15H2,1-2H3;6-11,13,15-17,20-21H,4-5,12H2,1-3H3. The molecule has 0 N–H and O–H groups in total. The minimum Gasteiger partial charge on any atom is -0.367 e. The van der Waals surface area contributed by atoms with Gasteiger partial charge in [-0.05, 0) is 163 Å². The lowest BCUT2D eigenvalue weighted by atomic mass is 9.83. The number of hydrogen-bond acceptors (Lipinski definition) is 4. The van der Waals surface area contributed by atoms with Crippen molar-refractivity contribution in [3.05, 3.63) is 323 Å². The SMILES string of the molecule is CC1C2C=CC=CC2C2C1c1ccccc1N2CCCc1ccccc1.CCCCN1c2ccc(C)cc2C2C(C)C3C=CC=CC3C21.Cc1ccc2c(c1)C1C(C)C3C=CC=CC3C1N2CCCc1ccccc1.Cc1ccc2c(c1)C1C(C)C3C=CC=CC3C1N2Cc1ccccc1. The zero-order valence-electron chi connectivity index (χ0n) is 60.8. The third-order valence-electron chi connectivity index (χ3n) is 26.6. The van der Waals surface area contributed by atoms with E-state index in [1.165, 1.54) is 88.4 Å². The van der Waals surface area contributed by atoms with Gasteiger partial charge in [0, 0.05) is 120 Å². The van der Waals surface area contributed by atoms with Gasteiger partial charge >= 0.3 is 0 Å². The van der Waals surface area contributed by atoms with Gasteiger partial charge in [-0.25, -0.2) is 0 Å². The zero-order chi connectivity index (χ0) is 68.1. The van der Waals surface area contributed by atoms with Gasteiger partial charge in [-0.3, -0.25) is 0 Å². The molecule has 4 nitrogen and oxygen atoms in total. The van der Waals surface area contributed by atoms with Crippen molar-refractivity contribution in [3.8, 4) is 0 Å². The summed E-state index contributed by atoms with van der Waals surface area (Å²) in [5.41, 5.74) is 20.8. The van der Waals surface area contributed by atoms with Crippen molar-refractivity contribution in [3.63, 3.8) is 0 Å². The van der Waals surface area contributed by atoms with Crippen molar-refractivity contribution in [1.29, 1.82) is 0 Å². The highest BCUT2D eigenvalue weighted by Crippen LogP contribution is 2.62. The van der Waals surface area contributed by atoms with Gasteiger partial charge in [0.1, 0.15) is 0 Å². The van der Waals surface area contributed by atoms with E-state index in [4.69, 9.17) is 0 Å². The van der Waals surface area contributed by atoms with Crippen molar-refractivity contribution < 1.29 is 0 Å². The van der Waals surface area contributed by atoms with Crippen LogP contribution in [0.3, 0.4) is 0 Å². The number of nitrogens with zero attached hydrogens (tertiary/aromatic N) is 4. The van der Waals surface area contributed by atoms with E-state index in [1.807, 2.05) is 0 Å². The summed E-state index contributed by atoms with van der Waals surface area (Å²) in [6.07, 6.45) is 45.1. The molecular weight excluding hydrogens is 1210 g/mol. The van der Waals surface area contributed by atoms with Gasteiger partial charge in [-0.1, -0.05) is 301 Å². The number of unbranched alkanes of at least 4 members (excludes halogenated alkanes) is 1. The minimum absolute atomic E-state index is 0.582. The average Bonchev–Trinajstić information content (AvgIpc) is 1.59. The Kier molecular flexibility index (Phi) is 18.9. The third kappa shape index (κ3) is 12.1. The third-order valence-corrected chi connectivity index (χ3v) is 26.6. The molecule has 4 heterocycles. The molecule has 0 radical (unpaired) electrons. The number of aryl methyl sites for hydroxylation is 5. The van der Waals surface area contributed by atoms with E-state index in [1.54, 1.807) is 22.3 Å². The Morgan fingerprint density at radius 2 is 0.570 bits per heavy atom. The first-order valence-electron chi connectivity index (χ1n) is 39.0. The summed E-state index contributed by atoms with van der Waals surface area (Å²) in [4.78, 5) is 10.9. The molecule has 0 saturated heterocycles. The zero-order valence-corrected chi connectivity index (χ0v) is 60.8. The molecule has 4 heteroatoms. The molecule has 7 aromatic rings. The fourth-order valence-corrected chi connectivity index (χ4v) is 22.3. The second-order valence-corrected chi connectivity index (χ2v) is 32.2. The predicted octanol–water partition coefficient (Wildman–Crippen LogP) is 22.1. The highest BCUT2D eigenvalue weighted by Gasteiger charge is 2.58. The first-order chi connectivity index (χ1) is 49.0. The van der Waals surface area contributed by atoms with E-state index < -0.39 is 0 Å². The van der Waals surface area contributed by atoms with Gasteiger partial charge in [0.2, 0.25) is 0 Å². The van der Waals surface area contributed by atoms with Crippen LogP contribution in [0.25, 0.3) is 0 Å². The fourth-order valence-electron chi connectivity index (χ4n) is 22.3. The van der Waals surface area contributed by atoms with Crippen LogP contribution in [0, 0.1) is 91.8 Å². The van der Waals surface area contributed by atoms with Crippen molar-refractivity contribution >= 4 is 22.7 Å². The lowest BCUT2D eigenvalue weighted by molar-refractivity contribution is 0.427. The monoisotopic (exact) mass is 1320 g/mol. The van der Waals surface area contributed by atoms with E-state index in [-0.39, 0.29) is 0 Å². The molecule has 100 heavy (non-hydrogen) atoms. The summed E-state index contributed by atoms with van der Waals surface area (Å²) >= 11 is 0. The Morgan fingerprint density at radius 1 is 0.280 bits per heavy atom. The number of para-hydroxylation sites is 1. The normalized spacial score (nSPS) is 31.8. The number of hydrogen-bond donors (Lipinski definition) is 0. The lowest BCUT2D eigenvalue weighted by Crippen LogP contribution is -2.38. The first kappa shape index (κ1) is 66.2. The smallest absolute Gasteiger partial charge is 0.0434 e. The molecule has 12 aliphatic rings. The van der Waals surface area contributed by atoms with Gasteiger partial charge in [-0.15, -0.1) is 0 Å². The van der Waals surface area contributed by atoms with E-state index in [9.17, 15) is 0 Å². The summed E-state index contributed by atoms with van der Waals surface area (Å²) in [6.45, 7) is 23.4. The molecule has 19 rings (SSSR count). The van der Waals surface area contributed by atoms with Crippen LogP contribution in [-0.4, -0.2) is 43.8 Å². The Labute approximate surface area is 600 Å². The van der Waals surface area contributed by atoms with E-state index in [0.717, 1.165) is 44.3 Å². The number of allylic oxidation sites excluding steroid dienone is 12. The van der Waals surface area contributed by atoms with Crippen LogP contribution in [0.5, 0.6) is 0 Å². The Balaban J connectivity index is 0.000000104. The minimum atomic E-state index is 0.582. The fraction of sp³-hybridized carbons (Fsp3) is 0.396. The number of anilines is 4. The van der Waals surface area contributed by atoms with Crippen molar-refractivity contribution in [2.24, 2.45) is 71.0 Å². The molecule has 512 valence electrons. The van der Waals surface area contributed by atoms with Crippen LogP contribution < -0.4 is 19.6 Å². The van der Waals surface area contributed by atoms with E-state index in [2.05, 4.69) is 342 Å². The number of rotatable bonds is 13. The molecule has 4 saturated carbocycles. The van der Waals surface area contributed by atoms with Crippen LogP contribution in [0.4, 0.5) is 22.7 Å². The van der Waals surface area contributed by atoms with Gasteiger partial charge in [0.15, 0.2) is 0 Å². The molecule has 0 aromatic heterocycles. The average molecular weight is 1320 g/mol. The van der Waals surface area contributed by atoms with E-state index >= 15 is 0 Å². The molecular formula is C96H108N4. The van der Waals surface area contributed by atoms with Gasteiger partial charge in [-0.2, -0.15) is 0 Å². The second-order valence-electron chi connectivity index (χ2n) is 32.2. The van der Waals surface area contributed by atoms with E-state index in [0.29, 0.717) is 107 Å². The molecule has 4 aliphatic heterocycles. The Morgan fingerprint density at radius 3 is 0.940 bits per heavy atom. The van der Waals surface area contributed by atoms with Crippen molar-refractivity contribution in [2.75, 3.05) is 39.2 Å². The molecule has 4 fully saturated rings. The van der Waals surface area contributed by atoms with Gasteiger partial charge in [0.05, 0.1) is 0 Å². The van der Waals surface area contributed by atoms with Crippen LogP contribution in [0.2, 0.25) is 0 Å². The van der Waals surface area contributed by atoms with Gasteiger partial charge < -0.3 is 19.6 Å². The Hall–Kier alpha value is -8.34. The topological polar surface area (TPSA) is 13.0 Å². The quantitative estimate of drug-likeness (QED) is 0.114. The van der Waals surface area contributed by atoms with Crippen molar-refractivity contribution in [1.82, 2.24) is 0 Å². The summed E-state index contributed by atoms with van der Waals surface area (Å²) < 4.78 is 0. The molecule has 0 bridgehead atoms. The largest absolute Gasteiger partial charge is 0.367 e.